The van der Waals surface area contributed by atoms with E-state index in [1.165, 1.54) is 0 Å². The average molecular weight is 765 g/mol. The lowest BCUT2D eigenvalue weighted by Gasteiger charge is -2.24. The van der Waals surface area contributed by atoms with Crippen LogP contribution in [-0.2, 0) is 35.3 Å². The molecule has 4 aromatic carbocycles. The lowest BCUT2D eigenvalue weighted by atomic mass is 9.90. The zero-order chi connectivity index (χ0) is 40.2. The number of rotatable bonds is 16. The zero-order valence-corrected chi connectivity index (χ0v) is 34.0. The topological polar surface area (TPSA) is 147 Å². The minimum absolute atomic E-state index is 0.270. The zero-order valence-electron chi connectivity index (χ0n) is 34.0. The highest BCUT2D eigenvalue weighted by Crippen LogP contribution is 2.41. The normalized spacial score (nSPS) is 13.3. The molecule has 0 heterocycles. The fraction of sp³-hybridized carbons (Fsp3) is 0.435. The Kier molecular flexibility index (Phi) is 15.2. The largest absolute Gasteiger partial charge is 0.493 e. The molecule has 1 aliphatic rings. The molecular weight excluding hydrogens is 705 g/mol. The Morgan fingerprint density at radius 1 is 0.500 bits per heavy atom. The quantitative estimate of drug-likeness (QED) is 0.0789. The molecule has 10 heteroatoms. The number of benzene rings is 4. The molecule has 1 aliphatic carbocycles. The Morgan fingerprint density at radius 3 is 0.982 bits per heavy atom. The summed E-state index contributed by atoms with van der Waals surface area (Å²) in [4.78, 5) is 26.0. The summed E-state index contributed by atoms with van der Waals surface area (Å²) >= 11 is 0. The minimum atomic E-state index is -0.684. The maximum absolute atomic E-state index is 13.0. The van der Waals surface area contributed by atoms with Gasteiger partial charge in [0.05, 0.1) is 38.5 Å². The molecule has 0 radical (unpaired) electrons. The van der Waals surface area contributed by atoms with Crippen molar-refractivity contribution in [3.05, 3.63) is 105 Å². The molecule has 0 aliphatic heterocycles. The van der Waals surface area contributed by atoms with Crippen molar-refractivity contribution in [1.29, 1.82) is 0 Å². The maximum atomic E-state index is 13.0. The van der Waals surface area contributed by atoms with E-state index in [-0.39, 0.29) is 11.8 Å². The summed E-state index contributed by atoms with van der Waals surface area (Å²) in [6.07, 6.45) is 5.24. The molecule has 300 valence electrons. The molecule has 5 rings (SSSR count). The first-order valence-corrected chi connectivity index (χ1v) is 20.2. The van der Waals surface area contributed by atoms with Crippen LogP contribution in [0.2, 0.25) is 0 Å². The number of hydrogen-bond acceptors (Lipinski definition) is 8. The fourth-order valence-corrected chi connectivity index (χ4v) is 6.90. The molecule has 6 N–H and O–H groups in total. The molecule has 4 aromatic rings. The maximum Gasteiger partial charge on any atom is 0.240 e. The molecule has 0 saturated heterocycles. The summed E-state index contributed by atoms with van der Waals surface area (Å²) in [5.41, 5.74) is 21.0. The first-order chi connectivity index (χ1) is 27.1. The van der Waals surface area contributed by atoms with Gasteiger partial charge in [-0.3, -0.25) is 9.59 Å². The molecule has 0 fully saturated rings. The second-order valence-corrected chi connectivity index (χ2v) is 14.7. The smallest absolute Gasteiger partial charge is 0.240 e. The highest BCUT2D eigenvalue weighted by molar-refractivity contribution is 5.95. The highest BCUT2D eigenvalue weighted by atomic mass is 16.5. The Bertz CT molecular complexity index is 1740. The summed E-state index contributed by atoms with van der Waals surface area (Å²) in [6, 6.07) is 19.1. The molecule has 0 spiro atoms. The van der Waals surface area contributed by atoms with Gasteiger partial charge in [-0.2, -0.15) is 0 Å². The van der Waals surface area contributed by atoms with E-state index in [2.05, 4.69) is 74.7 Å². The van der Waals surface area contributed by atoms with E-state index in [4.69, 9.17) is 30.4 Å². The summed E-state index contributed by atoms with van der Waals surface area (Å²) in [5.74, 6) is 2.62. The number of fused-ring (bicyclic) bond motifs is 8. The van der Waals surface area contributed by atoms with Gasteiger partial charge in [-0.15, -0.1) is 0 Å². The number of amides is 2. The summed E-state index contributed by atoms with van der Waals surface area (Å²) in [5, 5.41) is 6.11. The van der Waals surface area contributed by atoms with Crippen molar-refractivity contribution < 1.29 is 28.5 Å². The molecular formula is C46H60N4O6. The molecule has 0 aromatic heterocycles. The number of anilines is 2. The standard InChI is InChI=1S/C46H60N4O6/c1-7-17-53-41-31-13-11-14-32(41)22-36-26-40(50-46(52)30(6)48)28-38(44(36)56-20-10-4)24-34-16-12-15-33(42(34)54-18-8-2)23-37-27-39(49-45(51)29(5)47)25-35(21-31)43(37)55-19-9-3/h11-16,25-30H,7-10,17-24,47-48H2,1-6H3,(H,49,51)(H,50,52)/t29-,30-/m0/s1. The summed E-state index contributed by atoms with van der Waals surface area (Å²) in [6.45, 7) is 13.8. The van der Waals surface area contributed by atoms with Crippen molar-refractivity contribution in [2.75, 3.05) is 37.1 Å². The van der Waals surface area contributed by atoms with Gasteiger partial charge in [-0.05, 0) is 86.1 Å². The van der Waals surface area contributed by atoms with Crippen molar-refractivity contribution in [2.24, 2.45) is 11.5 Å². The second-order valence-electron chi connectivity index (χ2n) is 14.7. The van der Waals surface area contributed by atoms with E-state index in [9.17, 15) is 9.59 Å². The van der Waals surface area contributed by atoms with E-state index >= 15 is 0 Å². The van der Waals surface area contributed by atoms with Gasteiger partial charge in [0.15, 0.2) is 0 Å². The van der Waals surface area contributed by atoms with Crippen LogP contribution < -0.4 is 41.0 Å². The minimum Gasteiger partial charge on any atom is -0.493 e. The van der Waals surface area contributed by atoms with Crippen LogP contribution in [0.5, 0.6) is 23.0 Å². The number of ether oxygens (including phenoxy) is 4. The number of carbonyl (C=O) groups is 2. The van der Waals surface area contributed by atoms with Gasteiger partial charge in [-0.25, -0.2) is 0 Å². The van der Waals surface area contributed by atoms with E-state index in [0.717, 1.165) is 93.2 Å². The number of hydrogen-bond donors (Lipinski definition) is 4. The fourth-order valence-electron chi connectivity index (χ4n) is 6.90. The Hall–Kier alpha value is -5.06. The third-order valence-corrected chi connectivity index (χ3v) is 9.53. The van der Waals surface area contributed by atoms with Gasteiger partial charge in [0.1, 0.15) is 23.0 Å². The number of nitrogens with one attached hydrogen (secondary N) is 2. The van der Waals surface area contributed by atoms with Crippen LogP contribution in [0.1, 0.15) is 112 Å². The average Bonchev–Trinajstić information content (AvgIpc) is 3.16. The van der Waals surface area contributed by atoms with E-state index in [1.807, 2.05) is 24.3 Å². The lowest BCUT2D eigenvalue weighted by molar-refractivity contribution is -0.117. The van der Waals surface area contributed by atoms with Crippen molar-refractivity contribution in [3.8, 4) is 23.0 Å². The van der Waals surface area contributed by atoms with Gasteiger partial charge < -0.3 is 41.0 Å². The molecule has 2 atom stereocenters. The molecule has 2 amide bonds. The highest BCUT2D eigenvalue weighted by Gasteiger charge is 2.24. The SMILES string of the molecule is CCCOc1c2cccc1Cc1cc(NC(=O)[C@H](C)N)cc(c1OCCC)Cc1cccc(c1OCCC)Cc1cc(NC(=O)[C@H](C)N)cc(c1OCCC)C2. The van der Waals surface area contributed by atoms with E-state index in [0.29, 0.717) is 63.5 Å². The van der Waals surface area contributed by atoms with Crippen molar-refractivity contribution in [2.45, 2.75) is 105 Å². The molecule has 8 bridgehead atoms. The summed E-state index contributed by atoms with van der Waals surface area (Å²) in [7, 11) is 0. The molecule has 0 unspecified atom stereocenters. The van der Waals surface area contributed by atoms with E-state index < -0.39 is 12.1 Å². The second kappa shape index (κ2) is 20.2. The third kappa shape index (κ3) is 10.6. The van der Waals surface area contributed by atoms with E-state index in [1.54, 1.807) is 13.8 Å². The van der Waals surface area contributed by atoms with Crippen LogP contribution in [0.25, 0.3) is 0 Å². The molecule has 10 nitrogen and oxygen atoms in total. The van der Waals surface area contributed by atoms with Crippen LogP contribution >= 0.6 is 0 Å². The monoisotopic (exact) mass is 764 g/mol. The Labute approximate surface area is 332 Å². The first-order valence-electron chi connectivity index (χ1n) is 20.2. The van der Waals surface area contributed by atoms with Crippen molar-refractivity contribution in [3.63, 3.8) is 0 Å². The van der Waals surface area contributed by atoms with Gasteiger partial charge in [0.2, 0.25) is 11.8 Å². The number of para-hydroxylation sites is 2. The van der Waals surface area contributed by atoms with Crippen molar-refractivity contribution in [1.82, 2.24) is 0 Å². The van der Waals surface area contributed by atoms with Gasteiger partial charge in [-0.1, -0.05) is 64.1 Å². The van der Waals surface area contributed by atoms with Crippen molar-refractivity contribution >= 4 is 23.2 Å². The predicted octanol–water partition coefficient (Wildman–Crippen LogP) is 8.09. The van der Waals surface area contributed by atoms with Crippen LogP contribution in [0, 0.1) is 0 Å². The number of carbonyl (C=O) groups excluding carboxylic acids is 2. The van der Waals surface area contributed by atoms with Crippen LogP contribution in [0.4, 0.5) is 11.4 Å². The molecule has 56 heavy (non-hydrogen) atoms. The van der Waals surface area contributed by atoms with Gasteiger partial charge in [0, 0.05) is 59.3 Å². The van der Waals surface area contributed by atoms with Gasteiger partial charge >= 0.3 is 0 Å². The lowest BCUT2D eigenvalue weighted by Crippen LogP contribution is -2.32. The Balaban J connectivity index is 1.84. The van der Waals surface area contributed by atoms with Crippen LogP contribution in [0.15, 0.2) is 60.7 Å². The molecule has 0 saturated carbocycles. The first kappa shape index (κ1) is 42.1. The predicted molar refractivity (Wildman–Crippen MR) is 225 cm³/mol. The Morgan fingerprint density at radius 2 is 0.750 bits per heavy atom. The van der Waals surface area contributed by atoms with Gasteiger partial charge in [0.25, 0.3) is 0 Å². The third-order valence-electron chi connectivity index (χ3n) is 9.53. The van der Waals surface area contributed by atoms with Crippen LogP contribution in [-0.4, -0.2) is 50.3 Å². The summed E-state index contributed by atoms with van der Waals surface area (Å²) < 4.78 is 26.5. The van der Waals surface area contributed by atoms with Crippen LogP contribution in [0.3, 0.4) is 0 Å². The number of nitrogens with two attached hydrogens (primary N) is 2.